The van der Waals surface area contributed by atoms with Crippen molar-refractivity contribution in [2.75, 3.05) is 6.54 Å². The van der Waals surface area contributed by atoms with Crippen molar-refractivity contribution in [2.24, 2.45) is 17.3 Å². The molecule has 1 aromatic carbocycles. The molecule has 1 N–H and O–H groups in total. The van der Waals surface area contributed by atoms with Crippen molar-refractivity contribution in [1.82, 2.24) is 5.32 Å². The second-order valence-electron chi connectivity index (χ2n) is 8.24. The van der Waals surface area contributed by atoms with Gasteiger partial charge >= 0.3 is 0 Å². The summed E-state index contributed by atoms with van der Waals surface area (Å²) in [5, 5.41) is 3.78. The average Bonchev–Trinajstić information content (AvgIpc) is 3.28. The van der Waals surface area contributed by atoms with Gasteiger partial charge in [-0.3, -0.25) is 0 Å². The standard InChI is InChI=1S/C19H29N/c1-18(2,3)20-13-19(4,15-10-11-15)17-12-16(17)14-8-6-5-7-9-14/h5-9,15-17,20H,10-13H2,1-4H3. The van der Waals surface area contributed by atoms with Crippen molar-refractivity contribution in [3.8, 4) is 0 Å². The van der Waals surface area contributed by atoms with Crippen LogP contribution >= 0.6 is 0 Å². The Morgan fingerprint density at radius 1 is 1.05 bits per heavy atom. The molecule has 3 unspecified atom stereocenters. The molecule has 2 aliphatic rings. The lowest BCUT2D eigenvalue weighted by molar-refractivity contribution is 0.190. The van der Waals surface area contributed by atoms with Crippen molar-refractivity contribution in [3.05, 3.63) is 35.9 Å². The maximum Gasteiger partial charge on any atom is 0.00967 e. The molecule has 0 bridgehead atoms. The van der Waals surface area contributed by atoms with E-state index in [2.05, 4.69) is 63.3 Å². The summed E-state index contributed by atoms with van der Waals surface area (Å²) < 4.78 is 0. The highest BCUT2D eigenvalue weighted by molar-refractivity contribution is 5.28. The van der Waals surface area contributed by atoms with Gasteiger partial charge in [-0.05, 0) is 68.8 Å². The summed E-state index contributed by atoms with van der Waals surface area (Å²) in [5.74, 6) is 2.65. The predicted molar refractivity (Wildman–Crippen MR) is 85.9 cm³/mol. The Morgan fingerprint density at radius 2 is 1.70 bits per heavy atom. The molecule has 0 heterocycles. The summed E-state index contributed by atoms with van der Waals surface area (Å²) >= 11 is 0. The molecule has 110 valence electrons. The van der Waals surface area contributed by atoms with Gasteiger partial charge in [0.25, 0.3) is 0 Å². The third-order valence-corrected chi connectivity index (χ3v) is 5.37. The normalized spacial score (nSPS) is 29.0. The Balaban J connectivity index is 1.70. The first-order valence-corrected chi connectivity index (χ1v) is 8.20. The van der Waals surface area contributed by atoms with Crippen LogP contribution in [0.2, 0.25) is 0 Å². The second-order valence-corrected chi connectivity index (χ2v) is 8.24. The zero-order chi connectivity index (χ0) is 14.4. The third-order valence-electron chi connectivity index (χ3n) is 5.37. The molecule has 0 spiro atoms. The van der Waals surface area contributed by atoms with Crippen LogP contribution in [0.5, 0.6) is 0 Å². The van der Waals surface area contributed by atoms with E-state index in [9.17, 15) is 0 Å². The van der Waals surface area contributed by atoms with Gasteiger partial charge in [0.15, 0.2) is 0 Å². The molecular weight excluding hydrogens is 242 g/mol. The van der Waals surface area contributed by atoms with E-state index in [0.717, 1.165) is 17.8 Å². The highest BCUT2D eigenvalue weighted by atomic mass is 15.0. The van der Waals surface area contributed by atoms with E-state index < -0.39 is 0 Å². The fourth-order valence-corrected chi connectivity index (χ4v) is 3.77. The van der Waals surface area contributed by atoms with Crippen molar-refractivity contribution < 1.29 is 0 Å². The second kappa shape index (κ2) is 4.87. The lowest BCUT2D eigenvalue weighted by Crippen LogP contribution is -2.45. The minimum atomic E-state index is 0.229. The van der Waals surface area contributed by atoms with E-state index >= 15 is 0 Å². The Bertz CT molecular complexity index is 454. The zero-order valence-electron chi connectivity index (χ0n) is 13.4. The minimum absolute atomic E-state index is 0.229. The highest BCUT2D eigenvalue weighted by Gasteiger charge is 2.56. The molecule has 2 aliphatic carbocycles. The predicted octanol–water partition coefficient (Wildman–Crippen LogP) is 4.59. The van der Waals surface area contributed by atoms with Crippen molar-refractivity contribution in [3.63, 3.8) is 0 Å². The fraction of sp³-hybridized carbons (Fsp3) is 0.684. The quantitative estimate of drug-likeness (QED) is 0.825. The first-order chi connectivity index (χ1) is 9.40. The van der Waals surface area contributed by atoms with Crippen LogP contribution in [0.1, 0.15) is 58.4 Å². The molecule has 20 heavy (non-hydrogen) atoms. The smallest absolute Gasteiger partial charge is 0.00967 e. The first-order valence-electron chi connectivity index (χ1n) is 8.20. The summed E-state index contributed by atoms with van der Waals surface area (Å²) in [5.41, 5.74) is 2.28. The molecule has 1 aromatic rings. The molecule has 2 fully saturated rings. The van der Waals surface area contributed by atoms with E-state index in [1.165, 1.54) is 25.8 Å². The number of rotatable bonds is 5. The van der Waals surface area contributed by atoms with Gasteiger partial charge in [-0.1, -0.05) is 37.3 Å². The van der Waals surface area contributed by atoms with Crippen LogP contribution < -0.4 is 5.32 Å². The molecule has 0 amide bonds. The molecule has 0 radical (unpaired) electrons. The van der Waals surface area contributed by atoms with Gasteiger partial charge in [0.05, 0.1) is 0 Å². The Morgan fingerprint density at radius 3 is 2.25 bits per heavy atom. The third kappa shape index (κ3) is 2.93. The van der Waals surface area contributed by atoms with E-state index in [1.54, 1.807) is 5.56 Å². The number of hydrogen-bond donors (Lipinski definition) is 1. The molecule has 3 rings (SSSR count). The van der Waals surface area contributed by atoms with E-state index in [-0.39, 0.29) is 5.54 Å². The van der Waals surface area contributed by atoms with Crippen LogP contribution in [0.3, 0.4) is 0 Å². The highest BCUT2D eigenvalue weighted by Crippen LogP contribution is 2.63. The van der Waals surface area contributed by atoms with Crippen LogP contribution in [0, 0.1) is 17.3 Å². The van der Waals surface area contributed by atoms with Crippen LogP contribution in [-0.4, -0.2) is 12.1 Å². The van der Waals surface area contributed by atoms with Crippen LogP contribution in [0.4, 0.5) is 0 Å². The summed E-state index contributed by atoms with van der Waals surface area (Å²) in [4.78, 5) is 0. The summed E-state index contributed by atoms with van der Waals surface area (Å²) in [6, 6.07) is 11.1. The topological polar surface area (TPSA) is 12.0 Å². The fourth-order valence-electron chi connectivity index (χ4n) is 3.77. The van der Waals surface area contributed by atoms with Gasteiger partial charge in [-0.25, -0.2) is 0 Å². The molecule has 2 saturated carbocycles. The lowest BCUT2D eigenvalue weighted by atomic mass is 9.77. The Labute approximate surface area is 124 Å². The van der Waals surface area contributed by atoms with Gasteiger partial charge in [-0.2, -0.15) is 0 Å². The van der Waals surface area contributed by atoms with E-state index in [1.807, 2.05) is 0 Å². The summed E-state index contributed by atoms with van der Waals surface area (Å²) in [6.07, 6.45) is 4.28. The van der Waals surface area contributed by atoms with Gasteiger partial charge in [0.2, 0.25) is 0 Å². The first kappa shape index (κ1) is 14.1. The monoisotopic (exact) mass is 271 g/mol. The maximum atomic E-state index is 3.78. The Hall–Kier alpha value is -0.820. The van der Waals surface area contributed by atoms with Gasteiger partial charge in [-0.15, -0.1) is 0 Å². The molecule has 0 aliphatic heterocycles. The SMILES string of the molecule is CC(C)(C)NCC(C)(C1CC1)C1CC1c1ccccc1. The molecule has 1 heteroatoms. The molecular formula is C19H29N. The lowest BCUT2D eigenvalue weighted by Gasteiger charge is -2.35. The van der Waals surface area contributed by atoms with Gasteiger partial charge < -0.3 is 5.32 Å². The van der Waals surface area contributed by atoms with Crippen molar-refractivity contribution in [1.29, 1.82) is 0 Å². The van der Waals surface area contributed by atoms with Crippen molar-refractivity contribution in [2.45, 2.75) is 58.4 Å². The number of benzene rings is 1. The van der Waals surface area contributed by atoms with Crippen LogP contribution in [-0.2, 0) is 0 Å². The van der Waals surface area contributed by atoms with Gasteiger partial charge in [0, 0.05) is 12.1 Å². The summed E-state index contributed by atoms with van der Waals surface area (Å²) in [6.45, 7) is 10.6. The minimum Gasteiger partial charge on any atom is -0.312 e. The zero-order valence-corrected chi connectivity index (χ0v) is 13.4. The molecule has 0 aromatic heterocycles. The van der Waals surface area contributed by atoms with Crippen LogP contribution in [0.15, 0.2) is 30.3 Å². The van der Waals surface area contributed by atoms with Crippen molar-refractivity contribution >= 4 is 0 Å². The van der Waals surface area contributed by atoms with Gasteiger partial charge in [0.1, 0.15) is 0 Å². The maximum absolute atomic E-state index is 3.78. The van der Waals surface area contributed by atoms with E-state index in [4.69, 9.17) is 0 Å². The molecule has 1 nitrogen and oxygen atoms in total. The van der Waals surface area contributed by atoms with E-state index in [0.29, 0.717) is 5.41 Å². The summed E-state index contributed by atoms with van der Waals surface area (Å²) in [7, 11) is 0. The largest absolute Gasteiger partial charge is 0.312 e. The number of nitrogens with one attached hydrogen (secondary N) is 1. The molecule has 3 atom stereocenters. The Kier molecular flexibility index (Phi) is 3.44. The van der Waals surface area contributed by atoms with Crippen LogP contribution in [0.25, 0.3) is 0 Å². The molecule has 0 saturated heterocycles. The average molecular weight is 271 g/mol. The number of hydrogen-bond acceptors (Lipinski definition) is 1.